The van der Waals surface area contributed by atoms with E-state index in [1.807, 2.05) is 42.8 Å². The highest BCUT2D eigenvalue weighted by molar-refractivity contribution is 7.98. The van der Waals surface area contributed by atoms with Gasteiger partial charge in [0.2, 0.25) is 0 Å². The number of carbonyl (C=O) groups is 1. The monoisotopic (exact) mass is 626 g/mol. The van der Waals surface area contributed by atoms with Gasteiger partial charge in [-0.3, -0.25) is 9.48 Å². The van der Waals surface area contributed by atoms with Gasteiger partial charge in [-0.15, -0.1) is 24.4 Å². The molecule has 0 aliphatic rings. The molecule has 0 aliphatic heterocycles. The Balaban J connectivity index is 0.000000369. The van der Waals surface area contributed by atoms with E-state index in [1.165, 1.54) is 43.1 Å². The van der Waals surface area contributed by atoms with E-state index in [4.69, 9.17) is 4.74 Å². The molecule has 1 aromatic heterocycles. The van der Waals surface area contributed by atoms with Crippen molar-refractivity contribution < 1.29 is 35.9 Å². The SMILES string of the molecule is COC(=O)Cc1c(C)nn(Cc2ccc(CSc3ccc(C(F)(F)F)cc3)cc2)c1C.FC(F)(F)c1ccc(S)cc1. The second-order valence-electron chi connectivity index (χ2n) is 9.23. The van der Waals surface area contributed by atoms with Gasteiger partial charge in [-0.1, -0.05) is 24.3 Å². The summed E-state index contributed by atoms with van der Waals surface area (Å²) in [6, 6.07) is 17.9. The first-order chi connectivity index (χ1) is 19.7. The zero-order valence-electron chi connectivity index (χ0n) is 22.9. The standard InChI is InChI=1S/C23H23F3N2O2S.C7H5F3S/c1-15-21(12-22(29)30-3)16(2)28(27-15)13-17-4-6-18(7-5-17)14-31-20-10-8-19(9-11-20)23(24,25)26;8-7(9,10)5-1-3-6(11)4-2-5/h4-11H,12-14H2,1-3H3;1-4,11H. The number of thiol groups is 1. The van der Waals surface area contributed by atoms with E-state index in [9.17, 15) is 31.1 Å². The minimum absolute atomic E-state index is 0.203. The van der Waals surface area contributed by atoms with Crippen molar-refractivity contribution in [1.82, 2.24) is 9.78 Å². The molecule has 4 nitrogen and oxygen atoms in total. The molecule has 0 aliphatic carbocycles. The number of esters is 1. The summed E-state index contributed by atoms with van der Waals surface area (Å²) in [6.07, 6.45) is -8.36. The average Bonchev–Trinajstić information content (AvgIpc) is 3.19. The van der Waals surface area contributed by atoms with Gasteiger partial charge in [0.1, 0.15) is 0 Å². The lowest BCUT2D eigenvalue weighted by Gasteiger charge is -2.09. The van der Waals surface area contributed by atoms with Crippen molar-refractivity contribution in [3.05, 3.63) is 112 Å². The third kappa shape index (κ3) is 9.59. The van der Waals surface area contributed by atoms with Crippen LogP contribution in [0.15, 0.2) is 82.6 Å². The number of rotatable bonds is 7. The van der Waals surface area contributed by atoms with Crippen LogP contribution in [-0.4, -0.2) is 22.9 Å². The smallest absolute Gasteiger partial charge is 0.416 e. The number of carbonyl (C=O) groups excluding carboxylic acids is 1. The molecule has 0 saturated carbocycles. The van der Waals surface area contributed by atoms with Gasteiger partial charge in [0.15, 0.2) is 0 Å². The summed E-state index contributed by atoms with van der Waals surface area (Å²) in [4.78, 5) is 12.9. The molecule has 0 atom stereocenters. The summed E-state index contributed by atoms with van der Waals surface area (Å²) >= 11 is 5.35. The van der Waals surface area contributed by atoms with E-state index in [0.29, 0.717) is 17.2 Å². The zero-order chi connectivity index (χ0) is 31.1. The van der Waals surface area contributed by atoms with Crippen molar-refractivity contribution in [1.29, 1.82) is 0 Å². The zero-order valence-corrected chi connectivity index (χ0v) is 24.6. The van der Waals surface area contributed by atoms with Gasteiger partial charge in [0, 0.05) is 26.8 Å². The maximum absolute atomic E-state index is 12.7. The predicted octanol–water partition coefficient (Wildman–Crippen LogP) is 8.57. The molecular formula is C30H28F6N2O2S2. The predicted molar refractivity (Wildman–Crippen MR) is 153 cm³/mol. The summed E-state index contributed by atoms with van der Waals surface area (Å²) in [5.74, 6) is 0.370. The van der Waals surface area contributed by atoms with Gasteiger partial charge in [-0.25, -0.2) is 0 Å². The van der Waals surface area contributed by atoms with Crippen LogP contribution in [0.3, 0.4) is 0 Å². The molecule has 0 bridgehead atoms. The van der Waals surface area contributed by atoms with E-state index < -0.39 is 23.5 Å². The molecule has 4 rings (SSSR count). The average molecular weight is 627 g/mol. The number of aromatic nitrogens is 2. The van der Waals surface area contributed by atoms with Crippen molar-refractivity contribution in [2.75, 3.05) is 7.11 Å². The summed E-state index contributed by atoms with van der Waals surface area (Å²) in [5.41, 5.74) is 3.50. The maximum atomic E-state index is 12.7. The number of nitrogens with zero attached hydrogens (tertiary/aromatic N) is 2. The Hall–Kier alpha value is -3.38. The van der Waals surface area contributed by atoms with E-state index in [0.717, 1.165) is 57.2 Å². The second-order valence-corrected chi connectivity index (χ2v) is 10.8. The Labute approximate surface area is 249 Å². The first kappa shape index (κ1) is 33.1. The van der Waals surface area contributed by atoms with Crippen molar-refractivity contribution in [2.24, 2.45) is 0 Å². The molecule has 0 fully saturated rings. The van der Waals surface area contributed by atoms with Crippen LogP contribution >= 0.6 is 24.4 Å². The maximum Gasteiger partial charge on any atom is 0.416 e. The highest BCUT2D eigenvalue weighted by Gasteiger charge is 2.30. The first-order valence-electron chi connectivity index (χ1n) is 12.5. The lowest BCUT2D eigenvalue weighted by Crippen LogP contribution is -2.07. The summed E-state index contributed by atoms with van der Waals surface area (Å²) in [5, 5.41) is 4.54. The van der Waals surface area contributed by atoms with Crippen molar-refractivity contribution in [3.8, 4) is 0 Å². The van der Waals surface area contributed by atoms with E-state index in [2.05, 4.69) is 17.7 Å². The van der Waals surface area contributed by atoms with Crippen molar-refractivity contribution in [3.63, 3.8) is 0 Å². The van der Waals surface area contributed by atoms with Crippen LogP contribution in [0.5, 0.6) is 0 Å². The summed E-state index contributed by atoms with van der Waals surface area (Å²) in [7, 11) is 1.37. The van der Waals surface area contributed by atoms with E-state index in [1.54, 1.807) is 0 Å². The lowest BCUT2D eigenvalue weighted by atomic mass is 10.1. The third-order valence-electron chi connectivity index (χ3n) is 6.22. The van der Waals surface area contributed by atoms with Crippen LogP contribution in [0, 0.1) is 13.8 Å². The van der Waals surface area contributed by atoms with Crippen LogP contribution in [0.2, 0.25) is 0 Å². The Morgan fingerprint density at radius 1 is 0.833 bits per heavy atom. The minimum Gasteiger partial charge on any atom is -0.469 e. The van der Waals surface area contributed by atoms with Gasteiger partial charge in [-0.05, 0) is 73.5 Å². The van der Waals surface area contributed by atoms with Crippen molar-refractivity contribution >= 4 is 30.4 Å². The number of hydrogen-bond acceptors (Lipinski definition) is 5. The highest BCUT2D eigenvalue weighted by atomic mass is 32.2. The molecule has 0 saturated heterocycles. The molecule has 42 heavy (non-hydrogen) atoms. The Bertz CT molecular complexity index is 1460. The van der Waals surface area contributed by atoms with Gasteiger partial charge >= 0.3 is 18.3 Å². The van der Waals surface area contributed by atoms with Crippen molar-refractivity contribution in [2.45, 2.75) is 54.7 Å². The van der Waals surface area contributed by atoms with Gasteiger partial charge in [0.25, 0.3) is 0 Å². The number of alkyl halides is 6. The number of thioether (sulfide) groups is 1. The summed E-state index contributed by atoms with van der Waals surface area (Å²) in [6.45, 7) is 4.40. The van der Waals surface area contributed by atoms with Crippen LogP contribution in [-0.2, 0) is 40.6 Å². The molecule has 1 heterocycles. The van der Waals surface area contributed by atoms with E-state index >= 15 is 0 Å². The second kappa shape index (κ2) is 14.2. The number of aryl methyl sites for hydroxylation is 1. The fourth-order valence-electron chi connectivity index (χ4n) is 3.83. The first-order valence-corrected chi connectivity index (χ1v) is 13.9. The van der Waals surface area contributed by atoms with Crippen LogP contribution in [0.1, 0.15) is 39.2 Å². The number of hydrogen-bond donors (Lipinski definition) is 1. The topological polar surface area (TPSA) is 44.1 Å². The Morgan fingerprint density at radius 2 is 1.33 bits per heavy atom. The van der Waals surface area contributed by atoms with Gasteiger partial charge < -0.3 is 4.74 Å². The number of ether oxygens (including phenoxy) is 1. The molecule has 0 radical (unpaired) electrons. The molecule has 0 N–H and O–H groups in total. The minimum atomic E-state index is -4.31. The van der Waals surface area contributed by atoms with E-state index in [-0.39, 0.29) is 12.4 Å². The molecule has 0 unspecified atom stereocenters. The fourth-order valence-corrected chi connectivity index (χ4v) is 4.83. The van der Waals surface area contributed by atoms with Crippen LogP contribution in [0.4, 0.5) is 26.3 Å². The normalized spacial score (nSPS) is 11.6. The van der Waals surface area contributed by atoms with Crippen LogP contribution in [0.25, 0.3) is 0 Å². The van der Waals surface area contributed by atoms with Gasteiger partial charge in [-0.2, -0.15) is 31.4 Å². The van der Waals surface area contributed by atoms with Crippen LogP contribution < -0.4 is 0 Å². The highest BCUT2D eigenvalue weighted by Crippen LogP contribution is 2.32. The molecule has 0 spiro atoms. The number of methoxy groups -OCH3 is 1. The number of halogens is 6. The molecule has 3 aromatic carbocycles. The summed E-state index contributed by atoms with van der Waals surface area (Å²) < 4.78 is 80.3. The molecule has 4 aromatic rings. The third-order valence-corrected chi connectivity index (χ3v) is 7.60. The quantitative estimate of drug-likeness (QED) is 0.0967. The lowest BCUT2D eigenvalue weighted by molar-refractivity contribution is -0.140. The molecular weight excluding hydrogens is 598 g/mol. The van der Waals surface area contributed by atoms with Gasteiger partial charge in [0.05, 0.1) is 36.9 Å². The Morgan fingerprint density at radius 3 is 1.83 bits per heavy atom. The molecule has 12 heteroatoms. The largest absolute Gasteiger partial charge is 0.469 e. The fraction of sp³-hybridized carbons (Fsp3) is 0.267. The number of benzene rings is 3. The Kier molecular flexibility index (Phi) is 11.2. The molecule has 0 amide bonds. The molecule has 224 valence electrons.